The summed E-state index contributed by atoms with van der Waals surface area (Å²) in [7, 11) is 1.62. The number of benzene rings is 1. The third kappa shape index (κ3) is 4.04. The summed E-state index contributed by atoms with van der Waals surface area (Å²) in [6.45, 7) is 1.99. The minimum absolute atomic E-state index is 0.359. The Kier molecular flexibility index (Phi) is 5.75. The molecule has 1 heterocycles. The maximum absolute atomic E-state index is 6.19. The average molecular weight is 332 g/mol. The maximum atomic E-state index is 6.19. The molecule has 7 nitrogen and oxygen atoms in total. The van der Waals surface area contributed by atoms with Crippen LogP contribution in [0.4, 0.5) is 5.69 Å². The van der Waals surface area contributed by atoms with Gasteiger partial charge in [-0.3, -0.25) is 0 Å². The van der Waals surface area contributed by atoms with Gasteiger partial charge >= 0.3 is 0 Å². The Hall–Kier alpha value is -1.41. The Labute approximate surface area is 131 Å². The van der Waals surface area contributed by atoms with E-state index in [1.807, 2.05) is 0 Å². The summed E-state index contributed by atoms with van der Waals surface area (Å²) in [5.41, 5.74) is 6.86. The first-order valence-corrected chi connectivity index (χ1v) is 6.96. The topological polar surface area (TPSA) is 88.1 Å². The van der Waals surface area contributed by atoms with Crippen LogP contribution in [-0.4, -0.2) is 47.1 Å². The van der Waals surface area contributed by atoms with E-state index in [0.29, 0.717) is 53.5 Å². The van der Waals surface area contributed by atoms with E-state index in [-0.39, 0.29) is 0 Å². The van der Waals surface area contributed by atoms with Gasteiger partial charge in [0.25, 0.3) is 0 Å². The van der Waals surface area contributed by atoms with Gasteiger partial charge in [-0.1, -0.05) is 23.2 Å². The fourth-order valence-corrected chi connectivity index (χ4v) is 2.14. The predicted molar refractivity (Wildman–Crippen MR) is 80.4 cm³/mol. The minimum atomic E-state index is 0.359. The Balaban J connectivity index is 2.13. The highest BCUT2D eigenvalue weighted by atomic mass is 35.5. The summed E-state index contributed by atoms with van der Waals surface area (Å²) < 4.78 is 11.9. The van der Waals surface area contributed by atoms with Crippen molar-refractivity contribution in [2.24, 2.45) is 0 Å². The normalized spacial score (nSPS) is 11.0. The molecule has 21 heavy (non-hydrogen) atoms. The second-order valence-electron chi connectivity index (χ2n) is 4.20. The fourth-order valence-electron chi connectivity index (χ4n) is 1.72. The number of rotatable bonds is 7. The molecular weight excluding hydrogens is 317 g/mol. The number of nitrogens with two attached hydrogens (primary N) is 1. The van der Waals surface area contributed by atoms with E-state index in [1.165, 1.54) is 0 Å². The van der Waals surface area contributed by atoms with E-state index in [2.05, 4.69) is 15.5 Å². The Morgan fingerprint density at radius 1 is 1.24 bits per heavy atom. The second-order valence-corrected chi connectivity index (χ2v) is 4.98. The molecule has 0 aliphatic rings. The van der Waals surface area contributed by atoms with Gasteiger partial charge in [-0.15, -0.1) is 5.10 Å². The van der Waals surface area contributed by atoms with Crippen LogP contribution in [0.15, 0.2) is 12.1 Å². The summed E-state index contributed by atoms with van der Waals surface area (Å²) in [6, 6.07) is 3.26. The number of nitrogens with zero attached hydrogens (tertiary/aromatic N) is 4. The first-order chi connectivity index (χ1) is 10.1. The van der Waals surface area contributed by atoms with Crippen LogP contribution >= 0.6 is 23.2 Å². The average Bonchev–Trinajstić information content (AvgIpc) is 2.91. The molecule has 1 aromatic heterocycles. The third-order valence-corrected chi connectivity index (χ3v) is 3.50. The molecule has 0 aliphatic carbocycles. The van der Waals surface area contributed by atoms with Gasteiger partial charge in [0.05, 0.1) is 36.4 Å². The van der Waals surface area contributed by atoms with Crippen molar-refractivity contribution in [3.05, 3.63) is 22.2 Å². The largest absolute Gasteiger partial charge is 0.399 e. The van der Waals surface area contributed by atoms with Crippen LogP contribution in [0.2, 0.25) is 10.0 Å². The van der Waals surface area contributed by atoms with Crippen LogP contribution in [0.1, 0.15) is 0 Å². The SMILES string of the molecule is COCCOCCn1nnnc1-c1cc(N)cc(Cl)c1Cl. The molecule has 9 heteroatoms. The van der Waals surface area contributed by atoms with Crippen LogP contribution in [0.5, 0.6) is 0 Å². The third-order valence-electron chi connectivity index (χ3n) is 2.70. The number of methoxy groups -OCH3 is 1. The van der Waals surface area contributed by atoms with Gasteiger partial charge in [0.2, 0.25) is 0 Å². The quantitative estimate of drug-likeness (QED) is 0.615. The number of hydrogen-bond acceptors (Lipinski definition) is 6. The van der Waals surface area contributed by atoms with Gasteiger partial charge in [-0.05, 0) is 22.6 Å². The van der Waals surface area contributed by atoms with Crippen molar-refractivity contribution in [3.63, 3.8) is 0 Å². The molecule has 0 bridgehead atoms. The molecule has 0 radical (unpaired) electrons. The molecule has 0 saturated carbocycles. The van der Waals surface area contributed by atoms with E-state index in [0.717, 1.165) is 0 Å². The number of hydrogen-bond donors (Lipinski definition) is 1. The van der Waals surface area contributed by atoms with E-state index < -0.39 is 0 Å². The summed E-state index contributed by atoms with van der Waals surface area (Å²) in [4.78, 5) is 0. The molecule has 114 valence electrons. The lowest BCUT2D eigenvalue weighted by molar-refractivity contribution is 0.0654. The van der Waals surface area contributed by atoms with Gasteiger partial charge in [-0.25, -0.2) is 4.68 Å². The van der Waals surface area contributed by atoms with E-state index in [1.54, 1.807) is 23.9 Å². The lowest BCUT2D eigenvalue weighted by Gasteiger charge is -2.08. The highest BCUT2D eigenvalue weighted by molar-refractivity contribution is 6.43. The van der Waals surface area contributed by atoms with Crippen molar-refractivity contribution in [1.29, 1.82) is 0 Å². The first-order valence-electron chi connectivity index (χ1n) is 6.21. The second kappa shape index (κ2) is 7.56. The van der Waals surface area contributed by atoms with Crippen LogP contribution in [0, 0.1) is 0 Å². The van der Waals surface area contributed by atoms with Crippen molar-refractivity contribution in [2.45, 2.75) is 6.54 Å². The molecule has 2 aromatic rings. The number of nitrogen functional groups attached to an aromatic ring is 1. The van der Waals surface area contributed by atoms with Gasteiger partial charge < -0.3 is 15.2 Å². The lowest BCUT2D eigenvalue weighted by Crippen LogP contribution is -2.11. The van der Waals surface area contributed by atoms with Crippen molar-refractivity contribution < 1.29 is 9.47 Å². The molecule has 0 aliphatic heterocycles. The summed E-state index contributed by atoms with van der Waals surface area (Å²) in [5.74, 6) is 0.490. The zero-order valence-electron chi connectivity index (χ0n) is 11.4. The molecular formula is C12H15Cl2N5O2. The van der Waals surface area contributed by atoms with Crippen molar-refractivity contribution >= 4 is 28.9 Å². The molecule has 0 fully saturated rings. The molecule has 1 aromatic carbocycles. The van der Waals surface area contributed by atoms with Crippen molar-refractivity contribution in [1.82, 2.24) is 20.2 Å². The predicted octanol–water partition coefficient (Wildman–Crippen LogP) is 1.89. The fraction of sp³-hybridized carbons (Fsp3) is 0.417. The molecule has 2 N–H and O–H groups in total. The highest BCUT2D eigenvalue weighted by Gasteiger charge is 2.15. The Morgan fingerprint density at radius 3 is 2.81 bits per heavy atom. The van der Waals surface area contributed by atoms with Gasteiger partial charge in [0.15, 0.2) is 5.82 Å². The van der Waals surface area contributed by atoms with Gasteiger partial charge in [-0.2, -0.15) is 0 Å². The van der Waals surface area contributed by atoms with E-state index >= 15 is 0 Å². The van der Waals surface area contributed by atoms with Gasteiger partial charge in [0.1, 0.15) is 0 Å². The van der Waals surface area contributed by atoms with Crippen LogP contribution in [0.3, 0.4) is 0 Å². The molecule has 0 saturated heterocycles. The smallest absolute Gasteiger partial charge is 0.183 e. The summed E-state index contributed by atoms with van der Waals surface area (Å²) >= 11 is 12.2. The number of halogens is 2. The zero-order chi connectivity index (χ0) is 15.2. The van der Waals surface area contributed by atoms with Crippen molar-refractivity contribution in [2.75, 3.05) is 32.7 Å². The number of anilines is 1. The van der Waals surface area contributed by atoms with Gasteiger partial charge in [0, 0.05) is 18.4 Å². The molecule has 0 amide bonds. The minimum Gasteiger partial charge on any atom is -0.399 e. The first kappa shape index (κ1) is 16.0. The van der Waals surface area contributed by atoms with E-state index in [4.69, 9.17) is 38.4 Å². The highest BCUT2D eigenvalue weighted by Crippen LogP contribution is 2.34. The Morgan fingerprint density at radius 2 is 2.05 bits per heavy atom. The number of ether oxygens (including phenoxy) is 2. The van der Waals surface area contributed by atoms with Crippen LogP contribution in [0.25, 0.3) is 11.4 Å². The zero-order valence-corrected chi connectivity index (χ0v) is 12.9. The Bertz CT molecular complexity index is 605. The molecule has 0 spiro atoms. The molecule has 0 unspecified atom stereocenters. The molecule has 0 atom stereocenters. The molecule has 2 rings (SSSR count). The summed E-state index contributed by atoms with van der Waals surface area (Å²) in [5, 5.41) is 12.3. The standard InChI is InChI=1S/C12H15Cl2N5O2/c1-20-4-5-21-3-2-19-12(16-17-18-19)9-6-8(15)7-10(13)11(9)14/h6-7H,2-5,15H2,1H3. The van der Waals surface area contributed by atoms with E-state index in [9.17, 15) is 0 Å². The van der Waals surface area contributed by atoms with Crippen molar-refractivity contribution in [3.8, 4) is 11.4 Å². The monoisotopic (exact) mass is 331 g/mol. The van der Waals surface area contributed by atoms with Crippen LogP contribution < -0.4 is 5.73 Å². The summed E-state index contributed by atoms with van der Waals surface area (Å²) in [6.07, 6.45) is 0. The maximum Gasteiger partial charge on any atom is 0.183 e. The van der Waals surface area contributed by atoms with Crippen LogP contribution in [-0.2, 0) is 16.0 Å². The number of tetrazole rings is 1. The lowest BCUT2D eigenvalue weighted by atomic mass is 10.2. The number of aromatic nitrogens is 4.